The maximum Gasteiger partial charge on any atom is 0.0775 e. The van der Waals surface area contributed by atoms with Crippen LogP contribution in [0.1, 0.15) is 44.7 Å². The summed E-state index contributed by atoms with van der Waals surface area (Å²) in [7, 11) is 1.99. The summed E-state index contributed by atoms with van der Waals surface area (Å²) < 4.78 is 7.95. The minimum absolute atomic E-state index is 0.269. The van der Waals surface area contributed by atoms with Crippen LogP contribution in [0, 0.1) is 0 Å². The van der Waals surface area contributed by atoms with Gasteiger partial charge < -0.3 is 10.1 Å². The van der Waals surface area contributed by atoms with Gasteiger partial charge in [-0.25, -0.2) is 0 Å². The first-order chi connectivity index (χ1) is 8.24. The predicted molar refractivity (Wildman–Crippen MR) is 67.9 cm³/mol. The van der Waals surface area contributed by atoms with Crippen LogP contribution in [-0.2, 0) is 11.3 Å². The fraction of sp³-hybridized carbons (Fsp3) is 0.769. The van der Waals surface area contributed by atoms with Gasteiger partial charge in [-0.15, -0.1) is 0 Å². The molecule has 0 radical (unpaired) electrons. The fourth-order valence-electron chi connectivity index (χ4n) is 2.54. The summed E-state index contributed by atoms with van der Waals surface area (Å²) in [5.74, 6) is 0. The minimum Gasteiger partial charge on any atom is -0.373 e. The predicted octanol–water partition coefficient (Wildman–Crippen LogP) is 2.12. The van der Waals surface area contributed by atoms with Crippen molar-refractivity contribution in [1.29, 1.82) is 0 Å². The van der Waals surface area contributed by atoms with Crippen LogP contribution in [0.15, 0.2) is 12.4 Å². The Bertz CT molecular complexity index is 350. The van der Waals surface area contributed by atoms with Crippen molar-refractivity contribution in [2.24, 2.45) is 0 Å². The highest BCUT2D eigenvalue weighted by Crippen LogP contribution is 2.29. The van der Waals surface area contributed by atoms with E-state index in [0.29, 0.717) is 6.10 Å². The number of rotatable bonds is 5. The molecule has 0 aliphatic carbocycles. The summed E-state index contributed by atoms with van der Waals surface area (Å²) in [5, 5.41) is 7.74. The van der Waals surface area contributed by atoms with Crippen LogP contribution in [0.3, 0.4) is 0 Å². The highest BCUT2D eigenvalue weighted by Gasteiger charge is 2.30. The quantitative estimate of drug-likeness (QED) is 0.852. The Morgan fingerprint density at radius 3 is 3.00 bits per heavy atom. The van der Waals surface area contributed by atoms with Crippen molar-refractivity contribution in [2.75, 3.05) is 7.05 Å². The summed E-state index contributed by atoms with van der Waals surface area (Å²) in [6.45, 7) is 5.30. The molecule has 2 heterocycles. The van der Waals surface area contributed by atoms with E-state index in [9.17, 15) is 0 Å². The van der Waals surface area contributed by atoms with E-state index in [1.807, 2.05) is 17.9 Å². The van der Waals surface area contributed by atoms with Gasteiger partial charge in [0.2, 0.25) is 0 Å². The summed E-state index contributed by atoms with van der Waals surface area (Å²) >= 11 is 0. The first-order valence-electron chi connectivity index (χ1n) is 6.59. The number of hydrogen-bond donors (Lipinski definition) is 1. The molecule has 96 valence electrons. The van der Waals surface area contributed by atoms with Gasteiger partial charge in [0.15, 0.2) is 0 Å². The zero-order chi connectivity index (χ0) is 12.3. The van der Waals surface area contributed by atoms with Crippen LogP contribution >= 0.6 is 0 Å². The maximum atomic E-state index is 5.94. The number of ether oxygens (including phenoxy) is 1. The highest BCUT2D eigenvalue weighted by molar-refractivity contribution is 5.13. The molecule has 1 aliphatic heterocycles. The molecule has 1 saturated heterocycles. The summed E-state index contributed by atoms with van der Waals surface area (Å²) in [6.07, 6.45) is 8.18. The Morgan fingerprint density at radius 1 is 1.59 bits per heavy atom. The van der Waals surface area contributed by atoms with Crippen molar-refractivity contribution in [3.63, 3.8) is 0 Å². The van der Waals surface area contributed by atoms with E-state index in [1.165, 1.54) is 5.56 Å². The average molecular weight is 237 g/mol. The molecule has 17 heavy (non-hydrogen) atoms. The van der Waals surface area contributed by atoms with Gasteiger partial charge in [0.25, 0.3) is 0 Å². The van der Waals surface area contributed by atoms with Crippen molar-refractivity contribution in [1.82, 2.24) is 15.1 Å². The smallest absolute Gasteiger partial charge is 0.0775 e. The summed E-state index contributed by atoms with van der Waals surface area (Å²) in [5.41, 5.74) is 1.24. The van der Waals surface area contributed by atoms with Crippen molar-refractivity contribution < 1.29 is 4.74 Å². The largest absolute Gasteiger partial charge is 0.373 e. The third-order valence-corrected chi connectivity index (χ3v) is 3.41. The Morgan fingerprint density at radius 2 is 2.41 bits per heavy atom. The van der Waals surface area contributed by atoms with E-state index in [2.05, 4.69) is 30.5 Å². The van der Waals surface area contributed by atoms with E-state index in [-0.39, 0.29) is 12.1 Å². The van der Waals surface area contributed by atoms with Crippen LogP contribution in [0.4, 0.5) is 0 Å². The number of nitrogens with one attached hydrogen (secondary N) is 1. The van der Waals surface area contributed by atoms with Crippen LogP contribution in [0.5, 0.6) is 0 Å². The lowest BCUT2D eigenvalue weighted by Crippen LogP contribution is -2.29. The van der Waals surface area contributed by atoms with Gasteiger partial charge in [-0.2, -0.15) is 5.10 Å². The molecule has 2 rings (SSSR count). The third kappa shape index (κ3) is 2.87. The molecule has 0 aromatic carbocycles. The standard InChI is InChI=1S/C13H23N3O/c1-4-7-16-9-11(8-15-16)13(14-3)12-6-5-10(2)17-12/h8-10,12-14H,4-7H2,1-3H3. The molecule has 0 bridgehead atoms. The molecule has 1 fully saturated rings. The van der Waals surface area contributed by atoms with Crippen LogP contribution in [0.2, 0.25) is 0 Å². The topological polar surface area (TPSA) is 39.1 Å². The molecule has 4 nitrogen and oxygen atoms in total. The van der Waals surface area contributed by atoms with Crippen molar-refractivity contribution in [3.05, 3.63) is 18.0 Å². The second-order valence-corrected chi connectivity index (χ2v) is 4.87. The van der Waals surface area contributed by atoms with Crippen molar-refractivity contribution >= 4 is 0 Å². The average Bonchev–Trinajstić information content (AvgIpc) is 2.91. The van der Waals surface area contributed by atoms with E-state index in [0.717, 1.165) is 25.8 Å². The lowest BCUT2D eigenvalue weighted by molar-refractivity contribution is 0.0333. The Balaban J connectivity index is 2.06. The maximum absolute atomic E-state index is 5.94. The summed E-state index contributed by atoms with van der Waals surface area (Å²) in [4.78, 5) is 0. The molecule has 4 heteroatoms. The minimum atomic E-state index is 0.269. The van der Waals surface area contributed by atoms with Gasteiger partial charge in [0.05, 0.1) is 24.4 Å². The third-order valence-electron chi connectivity index (χ3n) is 3.41. The Kier molecular flexibility index (Phi) is 4.18. The molecular formula is C13H23N3O. The first kappa shape index (κ1) is 12.6. The van der Waals surface area contributed by atoms with Crippen LogP contribution < -0.4 is 5.32 Å². The normalized spacial score (nSPS) is 26.3. The monoisotopic (exact) mass is 237 g/mol. The van der Waals surface area contributed by atoms with E-state index < -0.39 is 0 Å². The van der Waals surface area contributed by atoms with Gasteiger partial charge in [-0.3, -0.25) is 4.68 Å². The zero-order valence-electron chi connectivity index (χ0n) is 11.0. The number of aryl methyl sites for hydroxylation is 1. The molecule has 1 aromatic heterocycles. The van der Waals surface area contributed by atoms with Crippen molar-refractivity contribution in [2.45, 2.75) is 57.9 Å². The first-order valence-corrected chi connectivity index (χ1v) is 6.59. The number of likely N-dealkylation sites (N-methyl/N-ethyl adjacent to an activating group) is 1. The molecule has 0 saturated carbocycles. The van der Waals surface area contributed by atoms with Gasteiger partial charge in [-0.05, 0) is 33.2 Å². The van der Waals surface area contributed by atoms with E-state index in [1.54, 1.807) is 0 Å². The molecule has 1 aliphatic rings. The lowest BCUT2D eigenvalue weighted by atomic mass is 10.0. The second-order valence-electron chi connectivity index (χ2n) is 4.87. The van der Waals surface area contributed by atoms with Crippen LogP contribution in [-0.4, -0.2) is 29.0 Å². The molecule has 3 unspecified atom stereocenters. The molecular weight excluding hydrogens is 214 g/mol. The highest BCUT2D eigenvalue weighted by atomic mass is 16.5. The number of hydrogen-bond acceptors (Lipinski definition) is 3. The molecule has 0 spiro atoms. The van der Waals surface area contributed by atoms with E-state index >= 15 is 0 Å². The summed E-state index contributed by atoms with van der Waals surface area (Å²) in [6, 6.07) is 0.269. The molecule has 0 amide bonds. The van der Waals surface area contributed by atoms with Crippen molar-refractivity contribution in [3.8, 4) is 0 Å². The van der Waals surface area contributed by atoms with Gasteiger partial charge in [0, 0.05) is 18.3 Å². The van der Waals surface area contributed by atoms with Crippen LogP contribution in [0.25, 0.3) is 0 Å². The SMILES string of the molecule is CCCn1cc(C(NC)C2CCC(C)O2)cn1. The molecule has 1 N–H and O–H groups in total. The Labute approximate surface area is 103 Å². The molecule has 3 atom stereocenters. The lowest BCUT2D eigenvalue weighted by Gasteiger charge is -2.21. The number of aromatic nitrogens is 2. The number of nitrogens with zero attached hydrogens (tertiary/aromatic N) is 2. The van der Waals surface area contributed by atoms with Gasteiger partial charge in [0.1, 0.15) is 0 Å². The fourth-order valence-corrected chi connectivity index (χ4v) is 2.54. The van der Waals surface area contributed by atoms with Gasteiger partial charge >= 0.3 is 0 Å². The second kappa shape index (κ2) is 5.65. The molecule has 1 aromatic rings. The van der Waals surface area contributed by atoms with E-state index in [4.69, 9.17) is 4.74 Å². The Hall–Kier alpha value is -0.870. The zero-order valence-corrected chi connectivity index (χ0v) is 11.0. The van der Waals surface area contributed by atoms with Gasteiger partial charge in [-0.1, -0.05) is 6.92 Å².